The number of urea groups is 1. The Morgan fingerprint density at radius 3 is 2.95 bits per heavy atom. The van der Waals surface area contributed by atoms with E-state index in [0.29, 0.717) is 10.2 Å². The number of aliphatic carboxylic acids is 1. The summed E-state index contributed by atoms with van der Waals surface area (Å²) in [7, 11) is 0. The second-order valence-corrected chi connectivity index (χ2v) is 6.14. The van der Waals surface area contributed by atoms with E-state index in [0.717, 1.165) is 10.2 Å². The molecule has 2 rings (SSSR count). The van der Waals surface area contributed by atoms with Gasteiger partial charge in [-0.25, -0.2) is 9.78 Å². The van der Waals surface area contributed by atoms with Gasteiger partial charge in [0.1, 0.15) is 0 Å². The van der Waals surface area contributed by atoms with Gasteiger partial charge in [0.25, 0.3) is 0 Å². The highest BCUT2D eigenvalue weighted by Gasteiger charge is 2.11. The first-order chi connectivity index (χ1) is 9.94. The molecule has 6 nitrogen and oxygen atoms in total. The van der Waals surface area contributed by atoms with Gasteiger partial charge in [0.2, 0.25) is 0 Å². The van der Waals surface area contributed by atoms with Gasteiger partial charge in [0, 0.05) is 18.0 Å². The molecular formula is C13H14ClN3O3S. The molecule has 0 aliphatic carbocycles. The lowest BCUT2D eigenvalue weighted by Crippen LogP contribution is -2.32. The Kier molecular flexibility index (Phi) is 4.98. The molecule has 1 aromatic heterocycles. The number of carbonyl (C=O) groups excluding carboxylic acids is 1. The number of rotatable bonds is 5. The highest BCUT2D eigenvalue weighted by molar-refractivity contribution is 7.22. The van der Waals surface area contributed by atoms with Crippen LogP contribution in [0, 0.1) is 5.92 Å². The van der Waals surface area contributed by atoms with E-state index in [9.17, 15) is 9.59 Å². The molecular weight excluding hydrogens is 314 g/mol. The van der Waals surface area contributed by atoms with E-state index < -0.39 is 12.0 Å². The maximum absolute atomic E-state index is 11.7. The molecule has 0 radical (unpaired) electrons. The summed E-state index contributed by atoms with van der Waals surface area (Å²) < 4.78 is 0.886. The number of benzene rings is 1. The highest BCUT2D eigenvalue weighted by Crippen LogP contribution is 2.28. The Balaban J connectivity index is 1.90. The van der Waals surface area contributed by atoms with Crippen molar-refractivity contribution in [3.8, 4) is 0 Å². The average molecular weight is 328 g/mol. The van der Waals surface area contributed by atoms with Crippen molar-refractivity contribution in [3.05, 3.63) is 23.2 Å². The molecule has 112 valence electrons. The Morgan fingerprint density at radius 2 is 2.24 bits per heavy atom. The number of carbonyl (C=O) groups is 2. The van der Waals surface area contributed by atoms with E-state index >= 15 is 0 Å². The van der Waals surface area contributed by atoms with Crippen molar-refractivity contribution in [1.82, 2.24) is 10.3 Å². The minimum Gasteiger partial charge on any atom is -0.481 e. The molecule has 1 aromatic carbocycles. The minimum atomic E-state index is -0.882. The van der Waals surface area contributed by atoms with E-state index in [4.69, 9.17) is 16.7 Å². The summed E-state index contributed by atoms with van der Waals surface area (Å²) in [6.45, 7) is 2.04. The van der Waals surface area contributed by atoms with Crippen LogP contribution in [-0.4, -0.2) is 28.6 Å². The van der Waals surface area contributed by atoms with Gasteiger partial charge in [-0.15, -0.1) is 0 Å². The topological polar surface area (TPSA) is 91.3 Å². The number of anilines is 1. The molecule has 21 heavy (non-hydrogen) atoms. The number of nitrogens with one attached hydrogen (secondary N) is 2. The third kappa shape index (κ3) is 4.57. The van der Waals surface area contributed by atoms with Crippen LogP contribution in [0.2, 0.25) is 5.02 Å². The number of aromatic nitrogens is 1. The van der Waals surface area contributed by atoms with Gasteiger partial charge in [-0.1, -0.05) is 29.9 Å². The highest BCUT2D eigenvalue weighted by atomic mass is 35.5. The number of thiazole rings is 1. The fraction of sp³-hybridized carbons (Fsp3) is 0.308. The molecule has 2 aromatic rings. The Bertz CT molecular complexity index is 674. The summed E-state index contributed by atoms with van der Waals surface area (Å²) >= 11 is 7.21. The van der Waals surface area contributed by atoms with E-state index in [1.165, 1.54) is 11.3 Å². The number of fused-ring (bicyclic) bond motifs is 1. The molecule has 0 bridgehead atoms. The smallest absolute Gasteiger partial charge is 0.321 e. The molecule has 0 saturated carbocycles. The zero-order chi connectivity index (χ0) is 15.4. The number of nitrogens with zero attached hydrogens (tertiary/aromatic N) is 1. The van der Waals surface area contributed by atoms with Crippen LogP contribution in [0.25, 0.3) is 10.2 Å². The minimum absolute atomic E-state index is 0.0138. The van der Waals surface area contributed by atoms with Gasteiger partial charge in [0.05, 0.1) is 10.2 Å². The fourth-order valence-corrected chi connectivity index (χ4v) is 2.87. The lowest BCUT2D eigenvalue weighted by molar-refractivity contribution is -0.137. The third-order valence-electron chi connectivity index (χ3n) is 2.71. The molecule has 1 atom stereocenters. The summed E-state index contributed by atoms with van der Waals surface area (Å²) in [5, 5.41) is 15.0. The number of carboxylic acids is 1. The largest absolute Gasteiger partial charge is 0.481 e. The van der Waals surface area contributed by atoms with Crippen LogP contribution in [0.15, 0.2) is 18.2 Å². The van der Waals surface area contributed by atoms with E-state index in [-0.39, 0.29) is 18.9 Å². The zero-order valence-electron chi connectivity index (χ0n) is 11.2. The quantitative estimate of drug-likeness (QED) is 0.786. The Morgan fingerprint density at radius 1 is 1.48 bits per heavy atom. The van der Waals surface area contributed by atoms with E-state index in [1.807, 2.05) is 0 Å². The number of amides is 2. The molecule has 0 aliphatic rings. The first kappa shape index (κ1) is 15.5. The molecule has 1 heterocycles. The van der Waals surface area contributed by atoms with Gasteiger partial charge in [-0.05, 0) is 24.1 Å². The SMILES string of the molecule is CC(CNC(=O)Nc1nc2ccc(Cl)cc2s1)CC(=O)O. The predicted octanol–water partition coefficient (Wildman–Crippen LogP) is 3.18. The standard InChI is InChI=1S/C13H14ClN3O3S/c1-7(4-11(18)19)6-15-12(20)17-13-16-9-3-2-8(14)5-10(9)21-13/h2-3,5,7H,4,6H2,1H3,(H,18,19)(H2,15,16,17,20). The van der Waals surface area contributed by atoms with Crippen molar-refractivity contribution in [2.75, 3.05) is 11.9 Å². The van der Waals surface area contributed by atoms with E-state index in [1.54, 1.807) is 25.1 Å². The zero-order valence-corrected chi connectivity index (χ0v) is 12.8. The molecule has 3 N–H and O–H groups in total. The first-order valence-electron chi connectivity index (χ1n) is 6.27. The molecule has 2 amide bonds. The number of hydrogen-bond acceptors (Lipinski definition) is 4. The van der Waals surface area contributed by atoms with E-state index in [2.05, 4.69) is 15.6 Å². The van der Waals surface area contributed by atoms with Crippen molar-refractivity contribution < 1.29 is 14.7 Å². The van der Waals surface area contributed by atoms with Crippen molar-refractivity contribution in [1.29, 1.82) is 0 Å². The summed E-state index contributed by atoms with van der Waals surface area (Å²) in [6, 6.07) is 4.90. The van der Waals surface area contributed by atoms with Crippen LogP contribution in [0.4, 0.5) is 9.93 Å². The van der Waals surface area contributed by atoms with Crippen molar-refractivity contribution in [2.45, 2.75) is 13.3 Å². The lowest BCUT2D eigenvalue weighted by Gasteiger charge is -2.10. The van der Waals surface area contributed by atoms with Crippen LogP contribution in [-0.2, 0) is 4.79 Å². The van der Waals surface area contributed by atoms with Gasteiger partial charge in [0.15, 0.2) is 5.13 Å². The van der Waals surface area contributed by atoms with Crippen molar-refractivity contribution in [2.24, 2.45) is 5.92 Å². The maximum Gasteiger partial charge on any atom is 0.321 e. The van der Waals surface area contributed by atoms with Crippen LogP contribution in [0.5, 0.6) is 0 Å². The Hall–Kier alpha value is -1.86. The van der Waals surface area contributed by atoms with Crippen LogP contribution >= 0.6 is 22.9 Å². The van der Waals surface area contributed by atoms with Crippen LogP contribution in [0.3, 0.4) is 0 Å². The van der Waals surface area contributed by atoms with Gasteiger partial charge >= 0.3 is 12.0 Å². The van der Waals surface area contributed by atoms with Crippen molar-refractivity contribution in [3.63, 3.8) is 0 Å². The second-order valence-electron chi connectivity index (χ2n) is 4.67. The first-order valence-corrected chi connectivity index (χ1v) is 7.46. The monoisotopic (exact) mass is 327 g/mol. The number of carboxylic acid groups (broad SMARTS) is 1. The second kappa shape index (κ2) is 6.73. The third-order valence-corrected chi connectivity index (χ3v) is 3.87. The average Bonchev–Trinajstić information content (AvgIpc) is 2.76. The lowest BCUT2D eigenvalue weighted by atomic mass is 10.1. The molecule has 0 saturated heterocycles. The molecule has 0 spiro atoms. The molecule has 8 heteroatoms. The van der Waals surface area contributed by atoms with Crippen molar-refractivity contribution >= 4 is 50.3 Å². The van der Waals surface area contributed by atoms with Gasteiger partial charge < -0.3 is 10.4 Å². The molecule has 0 fully saturated rings. The summed E-state index contributed by atoms with van der Waals surface area (Å²) in [5.74, 6) is -1.02. The van der Waals surface area contributed by atoms with Crippen LogP contribution in [0.1, 0.15) is 13.3 Å². The molecule has 0 aliphatic heterocycles. The molecule has 1 unspecified atom stereocenters. The fourth-order valence-electron chi connectivity index (χ4n) is 1.73. The summed E-state index contributed by atoms with van der Waals surface area (Å²) in [4.78, 5) is 26.5. The Labute approximate surface area is 130 Å². The number of hydrogen-bond donors (Lipinski definition) is 3. The maximum atomic E-state index is 11.7. The van der Waals surface area contributed by atoms with Gasteiger partial charge in [-0.2, -0.15) is 0 Å². The number of halogens is 1. The predicted molar refractivity (Wildman–Crippen MR) is 83.1 cm³/mol. The summed E-state index contributed by atoms with van der Waals surface area (Å²) in [5.41, 5.74) is 0.763. The van der Waals surface area contributed by atoms with Crippen LogP contribution < -0.4 is 10.6 Å². The van der Waals surface area contributed by atoms with Gasteiger partial charge in [-0.3, -0.25) is 10.1 Å². The summed E-state index contributed by atoms with van der Waals surface area (Å²) in [6.07, 6.45) is 0.0138. The normalized spacial score (nSPS) is 12.1.